The van der Waals surface area contributed by atoms with Gasteiger partial charge in [0.25, 0.3) is 0 Å². The van der Waals surface area contributed by atoms with Crippen molar-refractivity contribution in [3.05, 3.63) is 0 Å². The molecule has 1 heterocycles. The molecule has 0 saturated carbocycles. The van der Waals surface area contributed by atoms with Gasteiger partial charge in [-0.3, -0.25) is 0 Å². The monoisotopic (exact) mass is 160 g/mol. The predicted octanol–water partition coefficient (Wildman–Crippen LogP) is -3.50. The van der Waals surface area contributed by atoms with Gasteiger partial charge in [-0.25, -0.2) is 0 Å². The van der Waals surface area contributed by atoms with Crippen molar-refractivity contribution < 1.29 is 48.3 Å². The van der Waals surface area contributed by atoms with Crippen molar-refractivity contribution >= 4 is 8.25 Å². The molecule has 6 heteroatoms. The molecule has 0 amide bonds. The fourth-order valence-corrected chi connectivity index (χ4v) is 0.822. The predicted molar refractivity (Wildman–Crippen MR) is 24.4 cm³/mol. The number of ether oxygens (including phenoxy) is 1. The summed E-state index contributed by atoms with van der Waals surface area (Å²) >= 11 is 0. The van der Waals surface area contributed by atoms with Gasteiger partial charge in [0.2, 0.25) is 0 Å². The van der Waals surface area contributed by atoms with E-state index in [1.54, 1.807) is 6.92 Å². The Balaban J connectivity index is 0.000000640. The quantitative estimate of drug-likeness (QED) is 0.239. The molecule has 0 aromatic rings. The summed E-state index contributed by atoms with van der Waals surface area (Å²) in [6.07, 6.45) is -0.531. The maximum atomic E-state index is 9.77. The first-order valence-electron chi connectivity index (χ1n) is 2.23. The van der Waals surface area contributed by atoms with Crippen LogP contribution in [-0.4, -0.2) is 12.4 Å². The molecule has 1 aliphatic heterocycles. The molecule has 48 valence electrons. The van der Waals surface area contributed by atoms with Gasteiger partial charge in [0.1, 0.15) is 14.4 Å². The first-order chi connectivity index (χ1) is 3.70. The van der Waals surface area contributed by atoms with Crippen molar-refractivity contribution in [2.24, 2.45) is 0 Å². The molecule has 0 aromatic heterocycles. The molecular weight excluding hydrogens is 154 g/mol. The van der Waals surface area contributed by atoms with Crippen LogP contribution in [0.5, 0.6) is 0 Å². The normalized spacial score (nSPS) is 34.9. The van der Waals surface area contributed by atoms with Crippen LogP contribution in [0.4, 0.5) is 0 Å². The van der Waals surface area contributed by atoms with E-state index in [1.807, 2.05) is 0 Å². The zero-order valence-electron chi connectivity index (χ0n) is 5.29. The van der Waals surface area contributed by atoms with Crippen LogP contribution >= 0.6 is 8.25 Å². The SMILES string of the molecule is CC1OC1O[PH](=O)[O-].[Na+]. The fourth-order valence-electron chi connectivity index (χ4n) is 0.385. The third-order valence-corrected chi connectivity index (χ3v) is 1.29. The van der Waals surface area contributed by atoms with E-state index >= 15 is 0 Å². The molecular formula is C3H6NaO4P. The Morgan fingerprint density at radius 2 is 2.22 bits per heavy atom. The van der Waals surface area contributed by atoms with Crippen molar-refractivity contribution in [2.45, 2.75) is 19.3 Å². The van der Waals surface area contributed by atoms with Crippen LogP contribution in [0, 0.1) is 0 Å². The molecule has 1 fully saturated rings. The molecule has 0 aliphatic carbocycles. The van der Waals surface area contributed by atoms with Crippen molar-refractivity contribution in [1.29, 1.82) is 0 Å². The van der Waals surface area contributed by atoms with Crippen LogP contribution in [-0.2, 0) is 13.8 Å². The third kappa shape index (κ3) is 3.73. The zero-order chi connectivity index (χ0) is 6.15. The van der Waals surface area contributed by atoms with Crippen LogP contribution < -0.4 is 34.5 Å². The van der Waals surface area contributed by atoms with Gasteiger partial charge < -0.3 is 18.7 Å². The summed E-state index contributed by atoms with van der Waals surface area (Å²) in [4.78, 5) is 9.77. The van der Waals surface area contributed by atoms with E-state index in [1.165, 1.54) is 0 Å². The molecule has 0 radical (unpaired) electrons. The summed E-state index contributed by atoms with van der Waals surface area (Å²) in [6, 6.07) is 0. The average Bonchev–Trinajstić information content (AvgIpc) is 2.17. The van der Waals surface area contributed by atoms with Crippen molar-refractivity contribution in [2.75, 3.05) is 0 Å². The zero-order valence-corrected chi connectivity index (χ0v) is 8.29. The van der Waals surface area contributed by atoms with E-state index in [0.717, 1.165) is 0 Å². The van der Waals surface area contributed by atoms with Gasteiger partial charge in [-0.1, -0.05) is 0 Å². The maximum absolute atomic E-state index is 9.77. The van der Waals surface area contributed by atoms with Crippen LogP contribution in [0.3, 0.4) is 0 Å². The largest absolute Gasteiger partial charge is 1.00 e. The number of hydrogen-bond donors (Lipinski definition) is 0. The molecule has 9 heavy (non-hydrogen) atoms. The third-order valence-electron chi connectivity index (χ3n) is 0.868. The molecule has 1 rings (SSSR count). The molecule has 4 nitrogen and oxygen atoms in total. The minimum Gasteiger partial charge on any atom is -0.781 e. The number of epoxide rings is 1. The molecule has 0 bridgehead atoms. The van der Waals surface area contributed by atoms with Gasteiger partial charge >= 0.3 is 29.6 Å². The summed E-state index contributed by atoms with van der Waals surface area (Å²) in [7, 11) is -3.03. The fraction of sp³-hybridized carbons (Fsp3) is 1.00. The van der Waals surface area contributed by atoms with Crippen molar-refractivity contribution in [3.63, 3.8) is 0 Å². The number of rotatable bonds is 2. The Morgan fingerprint density at radius 3 is 2.33 bits per heavy atom. The second kappa shape index (κ2) is 4.09. The van der Waals surface area contributed by atoms with Crippen LogP contribution in [0.25, 0.3) is 0 Å². The standard InChI is InChI=1S/C3H7O4P.Na/c1-2-3(6-2)7-8(4)5;/h2-3,8H,1H3,(H,4,5);/q;+1/p-1. The first-order valence-corrected chi connectivity index (χ1v) is 3.45. The maximum Gasteiger partial charge on any atom is 1.00 e. The van der Waals surface area contributed by atoms with E-state index in [9.17, 15) is 9.46 Å². The molecule has 3 atom stereocenters. The summed E-state index contributed by atoms with van der Waals surface area (Å²) in [6.45, 7) is 1.75. The van der Waals surface area contributed by atoms with Gasteiger partial charge in [0, 0.05) is 0 Å². The molecule has 0 N–H and O–H groups in total. The summed E-state index contributed by atoms with van der Waals surface area (Å²) in [5.41, 5.74) is 0. The molecule has 1 saturated heterocycles. The average molecular weight is 160 g/mol. The summed E-state index contributed by atoms with van der Waals surface area (Å²) in [5.74, 6) is 0. The number of hydrogen-bond acceptors (Lipinski definition) is 4. The molecule has 3 unspecified atom stereocenters. The second-order valence-electron chi connectivity index (χ2n) is 1.58. The smallest absolute Gasteiger partial charge is 0.781 e. The molecule has 0 spiro atoms. The Labute approximate surface area is 75.8 Å². The molecule has 1 aliphatic rings. The van der Waals surface area contributed by atoms with E-state index in [4.69, 9.17) is 0 Å². The van der Waals surface area contributed by atoms with E-state index in [-0.39, 0.29) is 35.7 Å². The first kappa shape index (κ1) is 10.1. The molecule has 0 aromatic carbocycles. The van der Waals surface area contributed by atoms with Crippen molar-refractivity contribution in [3.8, 4) is 0 Å². The second-order valence-corrected chi connectivity index (χ2v) is 2.31. The Hall–Kier alpha value is 1.11. The minimum atomic E-state index is -3.03. The van der Waals surface area contributed by atoms with E-state index < -0.39 is 14.5 Å². The van der Waals surface area contributed by atoms with Gasteiger partial charge in [-0.05, 0) is 6.92 Å². The topological polar surface area (TPSA) is 61.9 Å². The van der Waals surface area contributed by atoms with Gasteiger partial charge in [-0.2, -0.15) is 0 Å². The minimum absolute atomic E-state index is 0. The Morgan fingerprint density at radius 1 is 1.78 bits per heavy atom. The van der Waals surface area contributed by atoms with Crippen LogP contribution in [0.1, 0.15) is 6.92 Å². The van der Waals surface area contributed by atoms with Gasteiger partial charge in [0.05, 0.1) is 0 Å². The van der Waals surface area contributed by atoms with E-state index in [0.29, 0.717) is 0 Å². The summed E-state index contributed by atoms with van der Waals surface area (Å²) < 4.78 is 18.6. The van der Waals surface area contributed by atoms with Crippen molar-refractivity contribution in [1.82, 2.24) is 0 Å². The van der Waals surface area contributed by atoms with Crippen LogP contribution in [0.2, 0.25) is 0 Å². The van der Waals surface area contributed by atoms with Crippen LogP contribution in [0.15, 0.2) is 0 Å². The Kier molecular flexibility index (Phi) is 4.59. The van der Waals surface area contributed by atoms with Gasteiger partial charge in [0.15, 0.2) is 6.29 Å². The van der Waals surface area contributed by atoms with Gasteiger partial charge in [-0.15, -0.1) is 0 Å². The Bertz CT molecular complexity index is 118. The summed E-state index contributed by atoms with van der Waals surface area (Å²) in [5, 5.41) is 0. The van der Waals surface area contributed by atoms with E-state index in [2.05, 4.69) is 9.26 Å².